The number of carbonyl (C=O) groups excluding carboxylic acids is 4. The van der Waals surface area contributed by atoms with Crippen LogP contribution in [0.15, 0.2) is 60.7 Å². The Balaban J connectivity index is 0.000000268. The van der Waals surface area contributed by atoms with Gasteiger partial charge in [-0.1, -0.05) is 73.5 Å². The number of carbonyl (C=O) groups is 6. The summed E-state index contributed by atoms with van der Waals surface area (Å²) in [7, 11) is 0. The lowest BCUT2D eigenvalue weighted by atomic mass is 9.84. The summed E-state index contributed by atoms with van der Waals surface area (Å²) in [6, 6.07) is 15.5. The van der Waals surface area contributed by atoms with Crippen LogP contribution < -0.4 is 10.6 Å². The van der Waals surface area contributed by atoms with Crippen molar-refractivity contribution >= 4 is 35.7 Å². The van der Waals surface area contributed by atoms with Crippen LogP contribution in [0.25, 0.3) is 0 Å². The van der Waals surface area contributed by atoms with Crippen molar-refractivity contribution in [2.24, 2.45) is 5.92 Å². The number of benzene rings is 2. The molecule has 2 amide bonds. The van der Waals surface area contributed by atoms with Gasteiger partial charge in [0.15, 0.2) is 0 Å². The van der Waals surface area contributed by atoms with Gasteiger partial charge in [-0.2, -0.15) is 0 Å². The predicted octanol–water partition coefficient (Wildman–Crippen LogP) is 3.54. The smallest absolute Gasteiger partial charge is 0.328 e. The number of carboxylic acids is 2. The summed E-state index contributed by atoms with van der Waals surface area (Å²) in [6.45, 7) is 7.08. The fraction of sp³-hybridized carbons (Fsp3) is 0.609. The number of carboxylic acid groups (broad SMARTS) is 2. The van der Waals surface area contributed by atoms with Gasteiger partial charge in [-0.3, -0.25) is 34.8 Å². The van der Waals surface area contributed by atoms with Gasteiger partial charge in [0.1, 0.15) is 24.2 Å². The van der Waals surface area contributed by atoms with E-state index in [1.807, 2.05) is 65.7 Å². The lowest BCUT2D eigenvalue weighted by molar-refractivity contribution is -0.174. The lowest BCUT2D eigenvalue weighted by Gasteiger charge is -2.42. The van der Waals surface area contributed by atoms with Crippen molar-refractivity contribution in [1.29, 1.82) is 0 Å². The Morgan fingerprint density at radius 3 is 1.82 bits per heavy atom. The number of ether oxygens (including phenoxy) is 2. The van der Waals surface area contributed by atoms with Crippen molar-refractivity contribution in [2.75, 3.05) is 26.3 Å². The minimum Gasteiger partial charge on any atom is -0.480 e. The SMILES string of the molecule is CCOC(=O)[C@H](CCc1ccccc1)N[C@@H](C)C(=O)N1[C@H](C(=O)O)C[C@H]2CCCC[C@@H]21.CCOC(=O)[C@H](CCc1ccccc1)N[C@H]1CCCN2CCC[C@@H](C(=O)O)N2C1=O.O. The molecule has 2 aromatic rings. The standard InChI is InChI=1S/C24H34N2O5.C22H31N3O5.H2O/c1-3-31-24(30)19(14-13-17-9-5-4-6-10-17)25-16(2)22(27)26-20-12-8-7-11-18(20)15-21(26)23(28)29;1-2-30-22(29)18(13-12-16-8-4-3-5-9-16)23-17-10-6-14-24-15-7-11-19(21(27)28)25(24)20(17)26;/h4-6,9-10,16,18-21,25H,3,7-8,11-15H2,1-2H3,(H,28,29);3-5,8-9,17-19,23H,2,6-7,10-15H2,1H3,(H,27,28);1H2/t16-,18+,19-,20-,21-;17-,18-,19-;/m00./s1. The molecule has 3 heterocycles. The molecule has 0 radical (unpaired) electrons. The van der Waals surface area contributed by atoms with Crippen molar-refractivity contribution in [3.63, 3.8) is 0 Å². The van der Waals surface area contributed by atoms with E-state index in [0.717, 1.165) is 49.7 Å². The van der Waals surface area contributed by atoms with E-state index < -0.39 is 48.2 Å². The van der Waals surface area contributed by atoms with E-state index in [-0.39, 0.29) is 54.4 Å². The van der Waals surface area contributed by atoms with Crippen LogP contribution in [0.3, 0.4) is 0 Å². The zero-order valence-electron chi connectivity index (χ0n) is 36.4. The zero-order valence-corrected chi connectivity index (χ0v) is 36.4. The quantitative estimate of drug-likeness (QED) is 0.167. The highest BCUT2D eigenvalue weighted by atomic mass is 16.5. The van der Waals surface area contributed by atoms with E-state index in [2.05, 4.69) is 10.6 Å². The molecule has 342 valence electrons. The van der Waals surface area contributed by atoms with Crippen molar-refractivity contribution in [3.8, 4) is 0 Å². The average Bonchev–Trinajstić information content (AvgIpc) is 3.58. The highest BCUT2D eigenvalue weighted by molar-refractivity contribution is 5.89. The molecule has 2 aromatic carbocycles. The molecule has 0 aromatic heterocycles. The van der Waals surface area contributed by atoms with E-state index in [1.165, 1.54) is 5.01 Å². The summed E-state index contributed by atoms with van der Waals surface area (Å²) in [6.07, 6.45) is 9.29. The highest BCUT2D eigenvalue weighted by Gasteiger charge is 2.49. The van der Waals surface area contributed by atoms with Gasteiger partial charge < -0.3 is 30.1 Å². The van der Waals surface area contributed by atoms with E-state index in [4.69, 9.17) is 9.47 Å². The Kier molecular flexibility index (Phi) is 19.8. The third kappa shape index (κ3) is 13.3. The number of hydrazine groups is 1. The fourth-order valence-corrected chi connectivity index (χ4v) is 9.32. The number of aryl methyl sites for hydroxylation is 2. The van der Waals surface area contributed by atoms with Gasteiger partial charge >= 0.3 is 23.9 Å². The number of aliphatic carboxylic acids is 2. The zero-order chi connectivity index (χ0) is 43.9. The van der Waals surface area contributed by atoms with Gasteiger partial charge in [-0.25, -0.2) is 14.6 Å². The van der Waals surface area contributed by atoms with Gasteiger partial charge in [0.05, 0.1) is 25.3 Å². The molecule has 1 aliphatic carbocycles. The molecule has 3 saturated heterocycles. The first-order chi connectivity index (χ1) is 29.4. The highest BCUT2D eigenvalue weighted by Crippen LogP contribution is 2.40. The maximum Gasteiger partial charge on any atom is 0.328 e. The molecule has 0 bridgehead atoms. The van der Waals surface area contributed by atoms with Gasteiger partial charge in [0.25, 0.3) is 5.91 Å². The third-order valence-corrected chi connectivity index (χ3v) is 12.3. The molecule has 0 unspecified atom stereocenters. The maximum atomic E-state index is 13.4. The van der Waals surface area contributed by atoms with Crippen molar-refractivity contribution in [2.45, 2.75) is 147 Å². The second kappa shape index (κ2) is 24.7. The molecule has 6 N–H and O–H groups in total. The molecule has 62 heavy (non-hydrogen) atoms. The van der Waals surface area contributed by atoms with Crippen molar-refractivity contribution < 1.29 is 53.9 Å². The van der Waals surface area contributed by atoms with Crippen molar-refractivity contribution in [3.05, 3.63) is 71.8 Å². The second-order valence-corrected chi connectivity index (χ2v) is 16.5. The predicted molar refractivity (Wildman–Crippen MR) is 230 cm³/mol. The Hall–Kier alpha value is -4.90. The molecular formula is C46H67N5O11. The average molecular weight is 866 g/mol. The first-order valence-electron chi connectivity index (χ1n) is 22.2. The molecule has 8 atom stereocenters. The maximum absolute atomic E-state index is 13.4. The van der Waals surface area contributed by atoms with Crippen LogP contribution in [0.1, 0.15) is 103 Å². The number of nitrogens with one attached hydrogen (secondary N) is 2. The number of rotatable bonds is 17. The second-order valence-electron chi connectivity index (χ2n) is 16.5. The van der Waals surface area contributed by atoms with Gasteiger partial charge in [0, 0.05) is 19.1 Å². The Morgan fingerprint density at radius 1 is 0.726 bits per heavy atom. The van der Waals surface area contributed by atoms with Crippen molar-refractivity contribution in [1.82, 2.24) is 25.6 Å². The number of hydrogen-bond donors (Lipinski definition) is 4. The summed E-state index contributed by atoms with van der Waals surface area (Å²) < 4.78 is 10.5. The fourth-order valence-electron chi connectivity index (χ4n) is 9.32. The van der Waals surface area contributed by atoms with Crippen LogP contribution in [0.5, 0.6) is 0 Å². The summed E-state index contributed by atoms with van der Waals surface area (Å²) in [4.78, 5) is 76.9. The first-order valence-corrected chi connectivity index (χ1v) is 22.2. The van der Waals surface area contributed by atoms with Gasteiger partial charge in [0.2, 0.25) is 5.91 Å². The molecule has 16 nitrogen and oxygen atoms in total. The summed E-state index contributed by atoms with van der Waals surface area (Å²) >= 11 is 0. The molecular weight excluding hydrogens is 799 g/mol. The van der Waals surface area contributed by atoms with E-state index in [9.17, 15) is 39.0 Å². The number of amides is 2. The number of esters is 2. The third-order valence-electron chi connectivity index (χ3n) is 12.3. The van der Waals surface area contributed by atoms with Crippen LogP contribution in [0.4, 0.5) is 0 Å². The normalized spacial score (nSPS) is 23.7. The first kappa shape index (κ1) is 49.8. The number of hydrogen-bond acceptors (Lipinski definition) is 11. The van der Waals surface area contributed by atoms with Crippen LogP contribution >= 0.6 is 0 Å². The lowest BCUT2D eigenvalue weighted by Crippen LogP contribution is -2.61. The largest absolute Gasteiger partial charge is 0.480 e. The number of nitrogens with zero attached hydrogens (tertiary/aromatic N) is 3. The minimum absolute atomic E-state index is 0. The Morgan fingerprint density at radius 2 is 1.26 bits per heavy atom. The Labute approximate surface area is 364 Å². The number of likely N-dealkylation sites (tertiary alicyclic amines) is 1. The number of fused-ring (bicyclic) bond motifs is 2. The van der Waals surface area contributed by atoms with Crippen LogP contribution in [0, 0.1) is 5.92 Å². The summed E-state index contributed by atoms with van der Waals surface area (Å²) in [5.74, 6) is -2.95. The molecule has 6 rings (SSSR count). The molecule has 0 spiro atoms. The molecule has 4 fully saturated rings. The summed E-state index contributed by atoms with van der Waals surface area (Å²) in [5, 5.41) is 29.0. The Bertz CT molecular complexity index is 1770. The van der Waals surface area contributed by atoms with Crippen LogP contribution in [-0.2, 0) is 51.1 Å². The van der Waals surface area contributed by atoms with E-state index in [0.29, 0.717) is 58.0 Å². The van der Waals surface area contributed by atoms with Crippen LogP contribution in [-0.4, -0.2) is 135 Å². The molecule has 3 aliphatic heterocycles. The molecule has 16 heteroatoms. The minimum atomic E-state index is -0.986. The molecule has 1 saturated carbocycles. The van der Waals surface area contributed by atoms with Gasteiger partial charge in [-0.05, 0) is 108 Å². The monoisotopic (exact) mass is 865 g/mol. The van der Waals surface area contributed by atoms with Crippen LogP contribution in [0.2, 0.25) is 0 Å². The molecule has 4 aliphatic rings. The summed E-state index contributed by atoms with van der Waals surface area (Å²) in [5.41, 5.74) is 2.21. The topological polar surface area (TPSA) is 227 Å². The van der Waals surface area contributed by atoms with E-state index >= 15 is 0 Å². The van der Waals surface area contributed by atoms with Gasteiger partial charge in [-0.15, -0.1) is 0 Å². The van der Waals surface area contributed by atoms with E-state index in [1.54, 1.807) is 25.7 Å².